The van der Waals surface area contributed by atoms with Crippen LogP contribution in [0.2, 0.25) is 0 Å². The summed E-state index contributed by atoms with van der Waals surface area (Å²) in [6.45, 7) is 2.20. The van der Waals surface area contributed by atoms with Gasteiger partial charge in [0.1, 0.15) is 0 Å². The molecule has 2 nitrogen and oxygen atoms in total. The Morgan fingerprint density at radius 3 is 2.12 bits per heavy atom. The molecule has 0 radical (unpaired) electrons. The third-order valence-corrected chi connectivity index (χ3v) is 4.23. The molecule has 94 valence electrons. The average molecular weight is 226 g/mol. The number of epoxide rings is 1. The van der Waals surface area contributed by atoms with E-state index >= 15 is 0 Å². The van der Waals surface area contributed by atoms with Gasteiger partial charge in [-0.15, -0.1) is 0 Å². The number of aliphatic hydroxyl groups excluding tert-OH is 1. The van der Waals surface area contributed by atoms with Crippen LogP contribution in [0.15, 0.2) is 0 Å². The highest BCUT2D eigenvalue weighted by molar-refractivity contribution is 4.84. The molecule has 0 aromatic heterocycles. The standard InChI is InChI=1S/C14H26O2/c1-11-7-3-2-4-9-13-14(16-13)10-6-5-8-12(11)15/h11-15H,2-10H2,1H3. The van der Waals surface area contributed by atoms with Crippen LogP contribution < -0.4 is 0 Å². The second-order valence-corrected chi connectivity index (χ2v) is 5.68. The van der Waals surface area contributed by atoms with E-state index in [1.807, 2.05) is 0 Å². The van der Waals surface area contributed by atoms with Crippen LogP contribution >= 0.6 is 0 Å². The van der Waals surface area contributed by atoms with Gasteiger partial charge in [0.2, 0.25) is 0 Å². The molecule has 1 N–H and O–H groups in total. The molecule has 1 aliphatic carbocycles. The first kappa shape index (κ1) is 12.4. The normalized spacial score (nSPS) is 42.4. The van der Waals surface area contributed by atoms with E-state index < -0.39 is 0 Å². The van der Waals surface area contributed by atoms with E-state index in [0.29, 0.717) is 18.1 Å². The molecular weight excluding hydrogens is 200 g/mol. The van der Waals surface area contributed by atoms with Crippen LogP contribution in [0.25, 0.3) is 0 Å². The van der Waals surface area contributed by atoms with Crippen LogP contribution in [0.3, 0.4) is 0 Å². The van der Waals surface area contributed by atoms with Crippen molar-refractivity contribution in [1.29, 1.82) is 0 Å². The summed E-state index contributed by atoms with van der Waals surface area (Å²) >= 11 is 0. The summed E-state index contributed by atoms with van der Waals surface area (Å²) in [7, 11) is 0. The lowest BCUT2D eigenvalue weighted by atomic mass is 9.94. The fourth-order valence-electron chi connectivity index (χ4n) is 2.85. The second-order valence-electron chi connectivity index (χ2n) is 5.68. The van der Waals surface area contributed by atoms with Gasteiger partial charge in [0.05, 0.1) is 18.3 Å². The third-order valence-electron chi connectivity index (χ3n) is 4.23. The fourth-order valence-corrected chi connectivity index (χ4v) is 2.85. The number of hydrogen-bond donors (Lipinski definition) is 1. The maximum atomic E-state index is 9.98. The van der Waals surface area contributed by atoms with Gasteiger partial charge in [0.25, 0.3) is 0 Å². The molecule has 1 saturated heterocycles. The fraction of sp³-hybridized carbons (Fsp3) is 1.00. The summed E-state index contributed by atoms with van der Waals surface area (Å²) in [4.78, 5) is 0. The van der Waals surface area contributed by atoms with Crippen molar-refractivity contribution < 1.29 is 9.84 Å². The molecule has 2 fully saturated rings. The zero-order valence-corrected chi connectivity index (χ0v) is 10.5. The molecule has 16 heavy (non-hydrogen) atoms. The van der Waals surface area contributed by atoms with Crippen molar-refractivity contribution in [2.24, 2.45) is 5.92 Å². The molecule has 0 aromatic carbocycles. The SMILES string of the molecule is CC1CCCCCC2OC2CCCCC1O. The Labute approximate surface area is 99.4 Å². The highest BCUT2D eigenvalue weighted by Gasteiger charge is 2.37. The first-order valence-corrected chi connectivity index (χ1v) is 7.11. The Morgan fingerprint density at radius 1 is 0.812 bits per heavy atom. The number of aliphatic hydroxyl groups is 1. The molecule has 4 atom stereocenters. The average Bonchev–Trinajstić information content (AvgIpc) is 3.01. The molecule has 0 amide bonds. The molecular formula is C14H26O2. The molecule has 1 aliphatic heterocycles. The molecule has 2 aliphatic rings. The van der Waals surface area contributed by atoms with Gasteiger partial charge >= 0.3 is 0 Å². The maximum Gasteiger partial charge on any atom is 0.0841 e. The van der Waals surface area contributed by atoms with E-state index in [4.69, 9.17) is 4.74 Å². The van der Waals surface area contributed by atoms with Crippen LogP contribution in [0.4, 0.5) is 0 Å². The zero-order valence-electron chi connectivity index (χ0n) is 10.5. The Bertz CT molecular complexity index is 205. The van der Waals surface area contributed by atoms with Gasteiger partial charge in [-0.3, -0.25) is 0 Å². The third kappa shape index (κ3) is 3.74. The first-order chi connectivity index (χ1) is 7.77. The summed E-state index contributed by atoms with van der Waals surface area (Å²) in [5, 5.41) is 9.98. The first-order valence-electron chi connectivity index (χ1n) is 7.11. The van der Waals surface area contributed by atoms with E-state index in [2.05, 4.69) is 6.92 Å². The van der Waals surface area contributed by atoms with Gasteiger partial charge in [0.15, 0.2) is 0 Å². The molecule has 2 heteroatoms. The van der Waals surface area contributed by atoms with Gasteiger partial charge in [-0.05, 0) is 31.6 Å². The highest BCUT2D eigenvalue weighted by atomic mass is 16.6. The Kier molecular flexibility index (Phi) is 4.66. The van der Waals surface area contributed by atoms with Gasteiger partial charge in [-0.2, -0.15) is 0 Å². The summed E-state index contributed by atoms with van der Waals surface area (Å²) < 4.78 is 5.65. The molecule has 0 aromatic rings. The van der Waals surface area contributed by atoms with Crippen molar-refractivity contribution in [3.05, 3.63) is 0 Å². The Hall–Kier alpha value is -0.0800. The minimum atomic E-state index is -0.0725. The van der Waals surface area contributed by atoms with Gasteiger partial charge in [-0.1, -0.05) is 39.0 Å². The number of rotatable bonds is 0. The summed E-state index contributed by atoms with van der Waals surface area (Å²) in [5.41, 5.74) is 0. The van der Waals surface area contributed by atoms with E-state index in [9.17, 15) is 5.11 Å². The summed E-state index contributed by atoms with van der Waals surface area (Å²) in [6, 6.07) is 0. The highest BCUT2D eigenvalue weighted by Crippen LogP contribution is 2.32. The lowest BCUT2D eigenvalue weighted by Crippen LogP contribution is -2.17. The van der Waals surface area contributed by atoms with Crippen molar-refractivity contribution in [2.75, 3.05) is 0 Å². The van der Waals surface area contributed by atoms with Crippen LogP contribution in [0.1, 0.15) is 64.7 Å². The summed E-state index contributed by atoms with van der Waals surface area (Å²) in [5.74, 6) is 0.492. The van der Waals surface area contributed by atoms with Gasteiger partial charge in [0, 0.05) is 0 Å². The molecule has 4 unspecified atom stereocenters. The number of fused-ring (bicyclic) bond motifs is 1. The van der Waals surface area contributed by atoms with Crippen molar-refractivity contribution in [3.8, 4) is 0 Å². The Morgan fingerprint density at radius 2 is 1.38 bits per heavy atom. The zero-order chi connectivity index (χ0) is 11.4. The lowest BCUT2D eigenvalue weighted by molar-refractivity contribution is 0.0983. The Balaban J connectivity index is 1.74. The predicted octanol–water partition coefficient (Wildman–Crippen LogP) is 3.28. The molecule has 1 heterocycles. The van der Waals surface area contributed by atoms with Gasteiger partial charge < -0.3 is 9.84 Å². The van der Waals surface area contributed by atoms with E-state index in [0.717, 1.165) is 12.8 Å². The lowest BCUT2D eigenvalue weighted by Gasteiger charge is -2.18. The quantitative estimate of drug-likeness (QED) is 0.643. The van der Waals surface area contributed by atoms with E-state index in [1.165, 1.54) is 44.9 Å². The van der Waals surface area contributed by atoms with Crippen LogP contribution in [0, 0.1) is 5.92 Å². The van der Waals surface area contributed by atoms with E-state index in [-0.39, 0.29) is 6.10 Å². The largest absolute Gasteiger partial charge is 0.393 e. The van der Waals surface area contributed by atoms with Crippen molar-refractivity contribution >= 4 is 0 Å². The molecule has 1 saturated carbocycles. The maximum absolute atomic E-state index is 9.98. The van der Waals surface area contributed by atoms with Crippen molar-refractivity contribution in [3.63, 3.8) is 0 Å². The minimum Gasteiger partial charge on any atom is -0.393 e. The number of hydrogen-bond acceptors (Lipinski definition) is 2. The minimum absolute atomic E-state index is 0.0725. The topological polar surface area (TPSA) is 32.8 Å². The van der Waals surface area contributed by atoms with Crippen LogP contribution in [0.5, 0.6) is 0 Å². The monoisotopic (exact) mass is 226 g/mol. The van der Waals surface area contributed by atoms with E-state index in [1.54, 1.807) is 0 Å². The van der Waals surface area contributed by atoms with Crippen molar-refractivity contribution in [1.82, 2.24) is 0 Å². The van der Waals surface area contributed by atoms with Crippen LogP contribution in [-0.4, -0.2) is 23.4 Å². The summed E-state index contributed by atoms with van der Waals surface area (Å²) in [6.07, 6.45) is 12.0. The molecule has 2 rings (SSSR count). The number of ether oxygens (including phenoxy) is 1. The van der Waals surface area contributed by atoms with Gasteiger partial charge in [-0.25, -0.2) is 0 Å². The molecule has 0 spiro atoms. The predicted molar refractivity (Wildman–Crippen MR) is 65.4 cm³/mol. The van der Waals surface area contributed by atoms with Crippen LogP contribution in [-0.2, 0) is 4.74 Å². The second kappa shape index (κ2) is 6.02. The molecule has 0 bridgehead atoms. The van der Waals surface area contributed by atoms with Crippen molar-refractivity contribution in [2.45, 2.75) is 83.0 Å². The smallest absolute Gasteiger partial charge is 0.0841 e.